The number of carbonyl (C=O) groups excluding carboxylic acids is 4. The Labute approximate surface area is 208 Å². The van der Waals surface area contributed by atoms with Crippen LogP contribution in [-0.2, 0) is 20.9 Å². The SMILES string of the molecule is CCOC(=O)c1ccc(NC(=O)C[C@H]2S/C(=N\N=C3/CSC(=O)N3)N(Cc3ccco3)C2=O)cc1. The number of ether oxygens (including phenoxy) is 1. The third-order valence-corrected chi connectivity index (χ3v) is 6.75. The summed E-state index contributed by atoms with van der Waals surface area (Å²) in [5, 5.41) is 12.9. The summed E-state index contributed by atoms with van der Waals surface area (Å²) in [5.74, 6) is 0.198. The number of hydrogen-bond acceptors (Lipinski definition) is 10. The van der Waals surface area contributed by atoms with E-state index in [0.717, 1.165) is 23.5 Å². The average molecular weight is 516 g/mol. The predicted molar refractivity (Wildman–Crippen MR) is 132 cm³/mol. The number of rotatable bonds is 8. The summed E-state index contributed by atoms with van der Waals surface area (Å²) in [4.78, 5) is 50.3. The largest absolute Gasteiger partial charge is 0.467 e. The zero-order valence-electron chi connectivity index (χ0n) is 18.6. The normalized spacial score (nSPS) is 19.9. The highest BCUT2D eigenvalue weighted by molar-refractivity contribution is 8.15. The summed E-state index contributed by atoms with van der Waals surface area (Å²) in [6.45, 7) is 2.13. The van der Waals surface area contributed by atoms with E-state index in [4.69, 9.17) is 9.15 Å². The van der Waals surface area contributed by atoms with Crippen molar-refractivity contribution in [2.24, 2.45) is 10.2 Å². The maximum atomic E-state index is 13.1. The summed E-state index contributed by atoms with van der Waals surface area (Å²) in [6.07, 6.45) is 1.41. The van der Waals surface area contributed by atoms with Crippen LogP contribution in [0.1, 0.15) is 29.5 Å². The molecule has 2 aliphatic rings. The lowest BCUT2D eigenvalue weighted by Crippen LogP contribution is -2.33. The van der Waals surface area contributed by atoms with Crippen LogP contribution in [-0.4, -0.2) is 56.5 Å². The molecule has 3 amide bonds. The van der Waals surface area contributed by atoms with E-state index in [2.05, 4.69) is 20.8 Å². The summed E-state index contributed by atoms with van der Waals surface area (Å²) in [6, 6.07) is 9.73. The first kappa shape index (κ1) is 24.5. The molecule has 2 aliphatic heterocycles. The van der Waals surface area contributed by atoms with Gasteiger partial charge in [-0.05, 0) is 43.3 Å². The standard InChI is InChI=1S/C22H21N5O6S2/c1-2-32-20(30)13-5-7-14(8-6-13)23-18(28)10-16-19(29)27(11-15-4-3-9-33-15)21(35-16)26-25-17-12-34-22(31)24-17/h3-9,16H,2,10-12H2,1H3,(H,23,28)(H,24,25,31)/b26-21-/t16-/m1/s1. The van der Waals surface area contributed by atoms with Crippen molar-refractivity contribution in [2.45, 2.75) is 25.1 Å². The molecule has 0 radical (unpaired) electrons. The van der Waals surface area contributed by atoms with Gasteiger partial charge in [0.25, 0.3) is 5.24 Å². The summed E-state index contributed by atoms with van der Waals surface area (Å²) >= 11 is 2.20. The summed E-state index contributed by atoms with van der Waals surface area (Å²) in [7, 11) is 0. The molecule has 0 bridgehead atoms. The van der Waals surface area contributed by atoms with Gasteiger partial charge in [0.05, 0.1) is 30.7 Å². The fourth-order valence-electron chi connectivity index (χ4n) is 3.19. The molecule has 1 aromatic heterocycles. The molecule has 2 saturated heterocycles. The van der Waals surface area contributed by atoms with Crippen LogP contribution in [0.4, 0.5) is 10.5 Å². The first-order valence-corrected chi connectivity index (χ1v) is 12.4. The highest BCUT2D eigenvalue weighted by Gasteiger charge is 2.40. The van der Waals surface area contributed by atoms with Crippen molar-refractivity contribution in [3.8, 4) is 0 Å². The number of furan rings is 1. The van der Waals surface area contributed by atoms with Crippen LogP contribution in [0.3, 0.4) is 0 Å². The Kier molecular flexibility index (Phi) is 7.87. The van der Waals surface area contributed by atoms with E-state index in [1.54, 1.807) is 43.3 Å². The summed E-state index contributed by atoms with van der Waals surface area (Å²) < 4.78 is 10.3. The van der Waals surface area contributed by atoms with E-state index in [0.29, 0.717) is 33.8 Å². The predicted octanol–water partition coefficient (Wildman–Crippen LogP) is 3.06. The molecular formula is C22H21N5O6S2. The third-order valence-electron chi connectivity index (χ3n) is 4.81. The van der Waals surface area contributed by atoms with Crippen molar-refractivity contribution in [1.82, 2.24) is 10.2 Å². The first-order valence-electron chi connectivity index (χ1n) is 10.6. The van der Waals surface area contributed by atoms with Crippen LogP contribution in [0.25, 0.3) is 0 Å². The van der Waals surface area contributed by atoms with Crippen molar-refractivity contribution >= 4 is 63.2 Å². The van der Waals surface area contributed by atoms with Crippen molar-refractivity contribution < 1.29 is 28.3 Å². The molecule has 4 rings (SSSR count). The van der Waals surface area contributed by atoms with Crippen molar-refractivity contribution in [1.29, 1.82) is 0 Å². The van der Waals surface area contributed by atoms with Crippen molar-refractivity contribution in [2.75, 3.05) is 17.7 Å². The number of amides is 3. The number of hydrogen-bond donors (Lipinski definition) is 2. The fourth-order valence-corrected chi connectivity index (χ4v) is 4.86. The van der Waals surface area contributed by atoms with E-state index in [9.17, 15) is 19.2 Å². The van der Waals surface area contributed by atoms with Gasteiger partial charge in [0, 0.05) is 12.1 Å². The average Bonchev–Trinajstić information content (AvgIpc) is 3.57. The Morgan fingerprint density at radius 1 is 1.23 bits per heavy atom. The number of amidine groups is 2. The molecule has 1 aromatic carbocycles. The van der Waals surface area contributed by atoms with Gasteiger partial charge in [-0.3, -0.25) is 19.3 Å². The minimum atomic E-state index is -0.713. The monoisotopic (exact) mass is 515 g/mol. The van der Waals surface area contributed by atoms with Crippen molar-refractivity contribution in [3.63, 3.8) is 0 Å². The Bertz CT molecular complexity index is 1180. The molecule has 3 heterocycles. The molecule has 13 heteroatoms. The Morgan fingerprint density at radius 3 is 2.69 bits per heavy atom. The Balaban J connectivity index is 1.43. The second kappa shape index (κ2) is 11.2. The van der Waals surface area contributed by atoms with Gasteiger partial charge in [-0.1, -0.05) is 23.5 Å². The van der Waals surface area contributed by atoms with Gasteiger partial charge in [0.1, 0.15) is 16.8 Å². The Morgan fingerprint density at radius 2 is 2.03 bits per heavy atom. The second-order valence-corrected chi connectivity index (χ2v) is 9.41. The van der Waals surface area contributed by atoms with Crippen molar-refractivity contribution in [3.05, 3.63) is 54.0 Å². The first-order chi connectivity index (χ1) is 16.9. The molecule has 0 aliphatic carbocycles. The quantitative estimate of drug-likeness (QED) is 0.403. The zero-order chi connectivity index (χ0) is 24.8. The van der Waals surface area contributed by atoms with Gasteiger partial charge >= 0.3 is 5.97 Å². The third kappa shape index (κ3) is 6.31. The number of benzene rings is 1. The van der Waals surface area contributed by atoms with Gasteiger partial charge < -0.3 is 19.8 Å². The van der Waals surface area contributed by atoms with Gasteiger partial charge in [-0.25, -0.2) is 4.79 Å². The lowest BCUT2D eigenvalue weighted by atomic mass is 10.2. The van der Waals surface area contributed by atoms with Crippen LogP contribution in [0.5, 0.6) is 0 Å². The number of nitrogens with one attached hydrogen (secondary N) is 2. The summed E-state index contributed by atoms with van der Waals surface area (Å²) in [5.41, 5.74) is 0.861. The van der Waals surface area contributed by atoms with Gasteiger partial charge in [-0.15, -0.1) is 10.2 Å². The molecule has 182 valence electrons. The Hall–Kier alpha value is -3.58. The van der Waals surface area contributed by atoms with E-state index in [1.165, 1.54) is 11.2 Å². The molecule has 0 spiro atoms. The highest BCUT2D eigenvalue weighted by atomic mass is 32.2. The smallest absolute Gasteiger partial charge is 0.338 e. The maximum absolute atomic E-state index is 13.1. The zero-order valence-corrected chi connectivity index (χ0v) is 20.2. The molecule has 11 nitrogen and oxygen atoms in total. The van der Waals surface area contributed by atoms with E-state index < -0.39 is 11.2 Å². The van der Waals surface area contributed by atoms with E-state index in [-0.39, 0.29) is 36.6 Å². The van der Waals surface area contributed by atoms with Crippen LogP contribution >= 0.6 is 23.5 Å². The lowest BCUT2D eigenvalue weighted by molar-refractivity contribution is -0.128. The molecule has 35 heavy (non-hydrogen) atoms. The van der Waals surface area contributed by atoms with Crippen LogP contribution in [0, 0.1) is 0 Å². The second-order valence-electron chi connectivity index (χ2n) is 7.29. The lowest BCUT2D eigenvalue weighted by Gasteiger charge is -2.14. The molecular weight excluding hydrogens is 494 g/mol. The maximum Gasteiger partial charge on any atom is 0.338 e. The molecule has 2 aromatic rings. The molecule has 0 saturated carbocycles. The van der Waals surface area contributed by atoms with Gasteiger partial charge in [0.2, 0.25) is 11.8 Å². The molecule has 1 atom stereocenters. The van der Waals surface area contributed by atoms with Gasteiger partial charge in [0.15, 0.2) is 5.17 Å². The van der Waals surface area contributed by atoms with Crippen LogP contribution in [0.15, 0.2) is 57.3 Å². The number of nitrogens with zero attached hydrogens (tertiary/aromatic N) is 3. The minimum absolute atomic E-state index is 0.0973. The highest BCUT2D eigenvalue weighted by Crippen LogP contribution is 2.31. The number of anilines is 1. The molecule has 0 unspecified atom stereocenters. The molecule has 2 fully saturated rings. The number of esters is 1. The number of carbonyl (C=O) groups is 4. The minimum Gasteiger partial charge on any atom is -0.467 e. The van der Waals surface area contributed by atoms with E-state index >= 15 is 0 Å². The molecule has 2 N–H and O–H groups in total. The van der Waals surface area contributed by atoms with Crippen LogP contribution in [0.2, 0.25) is 0 Å². The van der Waals surface area contributed by atoms with Gasteiger partial charge in [-0.2, -0.15) is 0 Å². The topological polar surface area (TPSA) is 143 Å². The van der Waals surface area contributed by atoms with Crippen LogP contribution < -0.4 is 10.6 Å². The number of thioether (sulfide) groups is 2. The fraction of sp³-hybridized carbons (Fsp3) is 0.273. The van der Waals surface area contributed by atoms with E-state index in [1.807, 2.05) is 0 Å².